The molecule has 1 fully saturated rings. The molecule has 1 saturated heterocycles. The lowest BCUT2D eigenvalue weighted by Crippen LogP contribution is -2.27. The minimum absolute atomic E-state index is 0.0784. The highest BCUT2D eigenvalue weighted by Gasteiger charge is 2.35. The number of para-hydroxylation sites is 1. The first-order valence-electron chi connectivity index (χ1n) is 11.0. The second-order valence-electron chi connectivity index (χ2n) is 8.18. The number of carbonyl (C=O) groups is 3. The quantitative estimate of drug-likeness (QED) is 0.275. The fourth-order valence-electron chi connectivity index (χ4n) is 3.96. The van der Waals surface area contributed by atoms with Crippen LogP contribution in [0.3, 0.4) is 0 Å². The number of nitrogens with zero attached hydrogens (tertiary/aromatic N) is 2. The van der Waals surface area contributed by atoms with Crippen molar-refractivity contribution in [3.63, 3.8) is 0 Å². The third-order valence-electron chi connectivity index (χ3n) is 5.68. The van der Waals surface area contributed by atoms with Crippen molar-refractivity contribution in [2.45, 2.75) is 13.1 Å². The summed E-state index contributed by atoms with van der Waals surface area (Å²) >= 11 is 12.8. The molecular formula is C27H19Cl2N3O3S. The third kappa shape index (κ3) is 5.18. The molecule has 5 rings (SSSR count). The van der Waals surface area contributed by atoms with Crippen LogP contribution >= 0.6 is 35.0 Å². The normalized spacial score (nSPS) is 14.7. The highest BCUT2D eigenvalue weighted by atomic mass is 35.5. The Bertz CT molecular complexity index is 1510. The van der Waals surface area contributed by atoms with Gasteiger partial charge in [-0.05, 0) is 65.9 Å². The van der Waals surface area contributed by atoms with Crippen LogP contribution in [0.2, 0.25) is 10.0 Å². The van der Waals surface area contributed by atoms with Gasteiger partial charge in [-0.15, -0.1) is 0 Å². The van der Waals surface area contributed by atoms with Crippen molar-refractivity contribution >= 4 is 74.7 Å². The molecule has 9 heteroatoms. The number of hydrogen-bond donors (Lipinski definition) is 1. The molecule has 4 aromatic rings. The van der Waals surface area contributed by atoms with Gasteiger partial charge in [0.05, 0.1) is 11.4 Å². The largest absolute Gasteiger partial charge is 0.337 e. The molecule has 0 atom stereocenters. The van der Waals surface area contributed by atoms with Crippen molar-refractivity contribution in [2.75, 3.05) is 5.32 Å². The van der Waals surface area contributed by atoms with E-state index in [-0.39, 0.29) is 30.1 Å². The van der Waals surface area contributed by atoms with Crippen LogP contribution in [0.25, 0.3) is 17.0 Å². The maximum atomic E-state index is 13.0. The van der Waals surface area contributed by atoms with E-state index < -0.39 is 0 Å². The number of imide groups is 1. The number of aromatic nitrogens is 1. The summed E-state index contributed by atoms with van der Waals surface area (Å²) in [6.07, 6.45) is 3.53. The van der Waals surface area contributed by atoms with Crippen molar-refractivity contribution < 1.29 is 14.4 Å². The Balaban J connectivity index is 1.38. The Labute approximate surface area is 221 Å². The summed E-state index contributed by atoms with van der Waals surface area (Å²) in [5.41, 5.74) is 3.05. The van der Waals surface area contributed by atoms with E-state index in [4.69, 9.17) is 23.2 Å². The predicted octanol–water partition coefficient (Wildman–Crippen LogP) is 6.82. The number of carbonyl (C=O) groups excluding carboxylic acids is 3. The average Bonchev–Trinajstić information content (AvgIpc) is 3.33. The van der Waals surface area contributed by atoms with Crippen molar-refractivity contribution in [3.05, 3.63) is 105 Å². The lowest BCUT2D eigenvalue weighted by molar-refractivity contribution is -0.123. The third-order valence-corrected chi connectivity index (χ3v) is 7.09. The van der Waals surface area contributed by atoms with Gasteiger partial charge in [0.1, 0.15) is 6.54 Å². The molecule has 0 saturated carbocycles. The highest BCUT2D eigenvalue weighted by Crippen LogP contribution is 2.35. The Morgan fingerprint density at radius 1 is 0.917 bits per heavy atom. The van der Waals surface area contributed by atoms with Crippen molar-refractivity contribution in [3.8, 4) is 0 Å². The summed E-state index contributed by atoms with van der Waals surface area (Å²) in [4.78, 5) is 39.9. The smallest absolute Gasteiger partial charge is 0.293 e. The molecule has 1 N–H and O–H groups in total. The van der Waals surface area contributed by atoms with Crippen LogP contribution in [0.1, 0.15) is 11.1 Å². The molecule has 0 aliphatic carbocycles. The zero-order chi connectivity index (χ0) is 25.2. The standard InChI is InChI=1S/C27H19Cl2N3O3S/c28-19-7-5-17(6-8-19)14-32-26(34)24(36-27(32)35)13-18-15-31(23-4-2-1-3-22(18)23)16-25(33)30-21-11-9-20(29)10-12-21/h1-13,15H,14,16H2,(H,30,33)/b24-13+. The Morgan fingerprint density at radius 2 is 1.58 bits per heavy atom. The SMILES string of the molecule is O=C(Cn1cc(/C=C2/SC(=O)N(Cc3ccc(Cl)cc3)C2=O)c2ccccc21)Nc1ccc(Cl)cc1. The molecule has 180 valence electrons. The average molecular weight is 536 g/mol. The fourth-order valence-corrected chi connectivity index (χ4v) is 5.04. The number of benzene rings is 3. The summed E-state index contributed by atoms with van der Waals surface area (Å²) in [5.74, 6) is -0.551. The number of rotatable bonds is 6. The first-order chi connectivity index (χ1) is 17.4. The minimum Gasteiger partial charge on any atom is -0.337 e. The van der Waals surface area contributed by atoms with Crippen LogP contribution in [0.15, 0.2) is 83.9 Å². The van der Waals surface area contributed by atoms with E-state index in [0.717, 1.165) is 33.8 Å². The van der Waals surface area contributed by atoms with Crippen LogP contribution in [-0.2, 0) is 22.7 Å². The number of halogens is 2. The fraction of sp³-hybridized carbons (Fsp3) is 0.0741. The molecule has 3 amide bonds. The molecule has 1 aromatic heterocycles. The highest BCUT2D eigenvalue weighted by molar-refractivity contribution is 8.18. The van der Waals surface area contributed by atoms with E-state index in [0.29, 0.717) is 20.6 Å². The van der Waals surface area contributed by atoms with Gasteiger partial charge in [-0.3, -0.25) is 19.3 Å². The molecule has 0 spiro atoms. The summed E-state index contributed by atoms with van der Waals surface area (Å²) in [6.45, 7) is 0.251. The molecule has 6 nitrogen and oxygen atoms in total. The van der Waals surface area contributed by atoms with Gasteiger partial charge < -0.3 is 9.88 Å². The van der Waals surface area contributed by atoms with Crippen LogP contribution in [-0.4, -0.2) is 26.5 Å². The van der Waals surface area contributed by atoms with Crippen molar-refractivity contribution in [1.29, 1.82) is 0 Å². The van der Waals surface area contributed by atoms with E-state index in [1.54, 1.807) is 54.6 Å². The zero-order valence-electron chi connectivity index (χ0n) is 18.8. The molecule has 2 heterocycles. The zero-order valence-corrected chi connectivity index (χ0v) is 21.1. The molecule has 1 aliphatic rings. The molecular weight excluding hydrogens is 517 g/mol. The Morgan fingerprint density at radius 3 is 2.31 bits per heavy atom. The topological polar surface area (TPSA) is 71.4 Å². The molecule has 0 bridgehead atoms. The lowest BCUT2D eigenvalue weighted by Gasteiger charge is -2.12. The van der Waals surface area contributed by atoms with Gasteiger partial charge in [-0.2, -0.15) is 0 Å². The number of fused-ring (bicyclic) bond motifs is 1. The van der Waals surface area contributed by atoms with E-state index in [9.17, 15) is 14.4 Å². The minimum atomic E-state index is -0.350. The van der Waals surface area contributed by atoms with Gasteiger partial charge in [0, 0.05) is 38.4 Å². The Hall–Kier alpha value is -3.52. The summed E-state index contributed by atoms with van der Waals surface area (Å²) in [7, 11) is 0. The molecule has 0 unspecified atom stereocenters. The second kappa shape index (κ2) is 10.2. The van der Waals surface area contributed by atoms with Gasteiger partial charge >= 0.3 is 0 Å². The van der Waals surface area contributed by atoms with Crippen LogP contribution in [0.4, 0.5) is 10.5 Å². The number of amides is 3. The molecule has 3 aromatic carbocycles. The first-order valence-corrected chi connectivity index (χ1v) is 12.6. The summed E-state index contributed by atoms with van der Waals surface area (Å²) < 4.78 is 1.82. The van der Waals surface area contributed by atoms with Gasteiger partial charge in [-0.1, -0.05) is 53.5 Å². The van der Waals surface area contributed by atoms with Crippen molar-refractivity contribution in [1.82, 2.24) is 9.47 Å². The summed E-state index contributed by atoms with van der Waals surface area (Å²) in [6, 6.07) is 21.5. The van der Waals surface area contributed by atoms with E-state index in [2.05, 4.69) is 5.32 Å². The Kier molecular flexibility index (Phi) is 6.87. The van der Waals surface area contributed by atoms with E-state index in [1.165, 1.54) is 4.90 Å². The van der Waals surface area contributed by atoms with Crippen LogP contribution in [0.5, 0.6) is 0 Å². The monoisotopic (exact) mass is 535 g/mol. The van der Waals surface area contributed by atoms with Gasteiger partial charge in [0.2, 0.25) is 5.91 Å². The van der Waals surface area contributed by atoms with Crippen LogP contribution in [0, 0.1) is 0 Å². The van der Waals surface area contributed by atoms with Gasteiger partial charge in [0.15, 0.2) is 0 Å². The van der Waals surface area contributed by atoms with Gasteiger partial charge in [-0.25, -0.2) is 0 Å². The predicted molar refractivity (Wildman–Crippen MR) is 145 cm³/mol. The maximum Gasteiger partial charge on any atom is 0.293 e. The number of thioether (sulfide) groups is 1. The lowest BCUT2D eigenvalue weighted by atomic mass is 10.1. The number of anilines is 1. The van der Waals surface area contributed by atoms with Crippen molar-refractivity contribution in [2.24, 2.45) is 0 Å². The molecule has 0 radical (unpaired) electrons. The van der Waals surface area contributed by atoms with Gasteiger partial charge in [0.25, 0.3) is 11.1 Å². The molecule has 1 aliphatic heterocycles. The number of hydrogen-bond acceptors (Lipinski definition) is 4. The first kappa shape index (κ1) is 24.2. The molecule has 36 heavy (non-hydrogen) atoms. The summed E-state index contributed by atoms with van der Waals surface area (Å²) in [5, 5.41) is 4.59. The van der Waals surface area contributed by atoms with E-state index >= 15 is 0 Å². The number of nitrogens with one attached hydrogen (secondary N) is 1. The maximum absolute atomic E-state index is 13.0. The van der Waals surface area contributed by atoms with Crippen LogP contribution < -0.4 is 5.32 Å². The van der Waals surface area contributed by atoms with E-state index in [1.807, 2.05) is 35.0 Å². The second-order valence-corrected chi connectivity index (χ2v) is 10.0.